The fourth-order valence-electron chi connectivity index (χ4n) is 2.45. The van der Waals surface area contributed by atoms with Crippen molar-refractivity contribution in [1.29, 1.82) is 0 Å². The number of nitrogens with zero attached hydrogens (tertiary/aromatic N) is 2. The summed E-state index contributed by atoms with van der Waals surface area (Å²) in [6.07, 6.45) is 0.892. The van der Waals surface area contributed by atoms with E-state index in [0.29, 0.717) is 0 Å². The molecule has 0 bridgehead atoms. The molecule has 0 amide bonds. The highest BCUT2D eigenvalue weighted by Gasteiger charge is 2.07. The lowest BCUT2D eigenvalue weighted by Gasteiger charge is -2.13. The molecule has 1 aromatic heterocycles. The molecule has 0 N–H and O–H groups in total. The molecule has 0 atom stereocenters. The van der Waals surface area contributed by atoms with Gasteiger partial charge in [0.2, 0.25) is 0 Å². The first-order valence-electron chi connectivity index (χ1n) is 6.95. The quantitative estimate of drug-likeness (QED) is 0.469. The molecule has 108 valence electrons. The molecule has 3 aromatic rings. The predicted octanol–water partition coefficient (Wildman–Crippen LogP) is 5.20. The molecule has 0 saturated heterocycles. The second-order valence-corrected chi connectivity index (χ2v) is 6.28. The van der Waals surface area contributed by atoms with Gasteiger partial charge in [-0.2, -0.15) is 0 Å². The van der Waals surface area contributed by atoms with Crippen LogP contribution in [0.25, 0.3) is 20.2 Å². The Morgan fingerprint density at radius 1 is 1.10 bits per heavy atom. The van der Waals surface area contributed by atoms with Gasteiger partial charge >= 0.3 is 0 Å². The van der Waals surface area contributed by atoms with E-state index in [0.717, 1.165) is 38.1 Å². The van der Waals surface area contributed by atoms with Gasteiger partial charge in [-0.25, -0.2) is 9.38 Å². The Kier molecular flexibility index (Phi) is 3.64. The zero-order chi connectivity index (χ0) is 15.0. The smallest absolute Gasteiger partial charge is 0.124 e. The molecule has 1 heterocycles. The number of hydrogen-bond acceptors (Lipinski definition) is 2. The first-order valence-corrected chi connectivity index (χ1v) is 7.77. The van der Waals surface area contributed by atoms with Crippen molar-refractivity contribution in [2.75, 3.05) is 14.1 Å². The lowest BCUT2D eigenvalue weighted by Crippen LogP contribution is -2.20. The van der Waals surface area contributed by atoms with Crippen molar-refractivity contribution in [3.8, 4) is 0 Å². The summed E-state index contributed by atoms with van der Waals surface area (Å²) in [7, 11) is 4.01. The van der Waals surface area contributed by atoms with Gasteiger partial charge in [-0.3, -0.25) is 0 Å². The predicted molar refractivity (Wildman–Crippen MR) is 90.4 cm³/mol. The average molecular weight is 300 g/mol. The van der Waals surface area contributed by atoms with Gasteiger partial charge in [-0.1, -0.05) is 19.1 Å². The third kappa shape index (κ3) is 2.63. The normalized spacial score (nSPS) is 12.3. The van der Waals surface area contributed by atoms with Crippen LogP contribution in [0.3, 0.4) is 0 Å². The van der Waals surface area contributed by atoms with E-state index in [1.807, 2.05) is 31.1 Å². The van der Waals surface area contributed by atoms with Gasteiger partial charge in [0.1, 0.15) is 11.7 Å². The molecule has 0 aliphatic carbocycles. The van der Waals surface area contributed by atoms with Crippen LogP contribution in [-0.4, -0.2) is 24.8 Å². The van der Waals surface area contributed by atoms with Gasteiger partial charge in [0.15, 0.2) is 0 Å². The van der Waals surface area contributed by atoms with Crippen molar-refractivity contribution in [3.05, 3.63) is 42.2 Å². The van der Waals surface area contributed by atoms with E-state index in [2.05, 4.69) is 24.0 Å². The number of benzene rings is 2. The topological polar surface area (TPSA) is 15.6 Å². The number of halogens is 1. The van der Waals surface area contributed by atoms with Crippen LogP contribution in [0.1, 0.15) is 13.3 Å². The maximum Gasteiger partial charge on any atom is 0.124 e. The largest absolute Gasteiger partial charge is 0.366 e. The van der Waals surface area contributed by atoms with Gasteiger partial charge in [0, 0.05) is 40.7 Å². The monoisotopic (exact) mass is 300 g/mol. The standard InChI is InChI=1S/C17H17FN2S/c1-4-17(20(2)3)19-12-6-8-14-13-7-5-11(18)9-15(13)21-16(14)10-12/h5-10H,4H2,1-3H3. The molecular weight excluding hydrogens is 283 g/mol. The van der Waals surface area contributed by atoms with E-state index in [9.17, 15) is 4.39 Å². The molecule has 0 radical (unpaired) electrons. The van der Waals surface area contributed by atoms with Gasteiger partial charge < -0.3 is 4.90 Å². The summed E-state index contributed by atoms with van der Waals surface area (Å²) < 4.78 is 15.5. The number of amidine groups is 1. The Labute approximate surface area is 127 Å². The second kappa shape index (κ2) is 5.45. The molecule has 0 aliphatic rings. The van der Waals surface area contributed by atoms with E-state index in [-0.39, 0.29) is 5.82 Å². The maximum atomic E-state index is 13.3. The number of hydrogen-bond donors (Lipinski definition) is 0. The lowest BCUT2D eigenvalue weighted by atomic mass is 10.1. The summed E-state index contributed by atoms with van der Waals surface area (Å²) in [5, 5.41) is 2.27. The number of fused-ring (bicyclic) bond motifs is 3. The van der Waals surface area contributed by atoms with Crippen molar-refractivity contribution in [2.24, 2.45) is 4.99 Å². The summed E-state index contributed by atoms with van der Waals surface area (Å²) in [5.74, 6) is 0.856. The summed E-state index contributed by atoms with van der Waals surface area (Å²) in [5.41, 5.74) is 0.945. The van der Waals surface area contributed by atoms with Crippen LogP contribution in [0.15, 0.2) is 41.4 Å². The molecule has 2 aromatic carbocycles. The van der Waals surface area contributed by atoms with Crippen LogP contribution in [0, 0.1) is 5.82 Å². The Morgan fingerprint density at radius 3 is 2.43 bits per heavy atom. The molecule has 4 heteroatoms. The fraction of sp³-hybridized carbons (Fsp3) is 0.235. The third-order valence-electron chi connectivity index (χ3n) is 3.51. The number of aliphatic imine (C=N–C) groups is 1. The maximum absolute atomic E-state index is 13.3. The molecule has 3 rings (SSSR count). The first-order chi connectivity index (χ1) is 10.1. The van der Waals surface area contributed by atoms with Crippen molar-refractivity contribution in [2.45, 2.75) is 13.3 Å². The van der Waals surface area contributed by atoms with E-state index < -0.39 is 0 Å². The third-order valence-corrected chi connectivity index (χ3v) is 4.62. The Bertz CT molecular complexity index is 833. The zero-order valence-corrected chi connectivity index (χ0v) is 13.2. The minimum absolute atomic E-state index is 0.187. The van der Waals surface area contributed by atoms with Gasteiger partial charge in [0.05, 0.1) is 5.69 Å². The fourth-order valence-corrected chi connectivity index (χ4v) is 3.62. The Hall–Kier alpha value is -1.94. The molecule has 0 aliphatic heterocycles. The minimum atomic E-state index is -0.187. The molecule has 0 saturated carbocycles. The van der Waals surface area contributed by atoms with Gasteiger partial charge in [0.25, 0.3) is 0 Å². The van der Waals surface area contributed by atoms with E-state index in [4.69, 9.17) is 0 Å². The lowest BCUT2D eigenvalue weighted by molar-refractivity contribution is 0.608. The van der Waals surface area contributed by atoms with E-state index >= 15 is 0 Å². The van der Waals surface area contributed by atoms with Crippen molar-refractivity contribution >= 4 is 43.0 Å². The first kappa shape index (κ1) is 14.0. The van der Waals surface area contributed by atoms with E-state index in [1.54, 1.807) is 17.4 Å². The summed E-state index contributed by atoms with van der Waals surface area (Å²) in [6, 6.07) is 11.1. The zero-order valence-electron chi connectivity index (χ0n) is 12.4. The van der Waals surface area contributed by atoms with Crippen LogP contribution in [0.5, 0.6) is 0 Å². The van der Waals surface area contributed by atoms with Gasteiger partial charge in [-0.15, -0.1) is 11.3 Å². The molecule has 2 nitrogen and oxygen atoms in total. The Morgan fingerprint density at radius 2 is 1.76 bits per heavy atom. The minimum Gasteiger partial charge on any atom is -0.366 e. The highest BCUT2D eigenvalue weighted by Crippen LogP contribution is 2.36. The number of rotatable bonds is 2. The molecular formula is C17H17FN2S. The van der Waals surface area contributed by atoms with E-state index in [1.165, 1.54) is 6.07 Å². The van der Waals surface area contributed by atoms with Crippen LogP contribution < -0.4 is 0 Å². The molecule has 21 heavy (non-hydrogen) atoms. The highest BCUT2D eigenvalue weighted by atomic mass is 32.1. The highest BCUT2D eigenvalue weighted by molar-refractivity contribution is 7.25. The number of thiophene rings is 1. The van der Waals surface area contributed by atoms with Crippen LogP contribution >= 0.6 is 11.3 Å². The van der Waals surface area contributed by atoms with Crippen molar-refractivity contribution < 1.29 is 4.39 Å². The molecule has 0 fully saturated rings. The second-order valence-electron chi connectivity index (χ2n) is 5.20. The SMILES string of the molecule is CCC(=Nc1ccc2c(c1)sc1cc(F)ccc12)N(C)C. The average Bonchev–Trinajstić information content (AvgIpc) is 2.80. The summed E-state index contributed by atoms with van der Waals surface area (Å²) in [6.45, 7) is 2.10. The van der Waals surface area contributed by atoms with Crippen molar-refractivity contribution in [3.63, 3.8) is 0 Å². The Balaban J connectivity index is 2.14. The van der Waals surface area contributed by atoms with Crippen LogP contribution in [0.2, 0.25) is 0 Å². The van der Waals surface area contributed by atoms with Crippen LogP contribution in [-0.2, 0) is 0 Å². The van der Waals surface area contributed by atoms with Gasteiger partial charge in [-0.05, 0) is 24.3 Å². The molecule has 0 spiro atoms. The summed E-state index contributed by atoms with van der Waals surface area (Å²) in [4.78, 5) is 6.72. The van der Waals surface area contributed by atoms with Crippen LogP contribution in [0.4, 0.5) is 10.1 Å². The van der Waals surface area contributed by atoms with Crippen molar-refractivity contribution in [1.82, 2.24) is 4.90 Å². The summed E-state index contributed by atoms with van der Waals surface area (Å²) >= 11 is 1.61. The molecule has 0 unspecified atom stereocenters.